The fourth-order valence-corrected chi connectivity index (χ4v) is 4.71. The summed E-state index contributed by atoms with van der Waals surface area (Å²) >= 11 is 0. The van der Waals surface area contributed by atoms with Gasteiger partial charge in [0.25, 0.3) is 5.91 Å². The Bertz CT molecular complexity index is 587. The van der Waals surface area contributed by atoms with Gasteiger partial charge in [0.1, 0.15) is 5.69 Å². The van der Waals surface area contributed by atoms with E-state index in [4.69, 9.17) is 0 Å². The molecule has 6 nitrogen and oxygen atoms in total. The molecule has 0 unspecified atom stereocenters. The molecule has 2 fully saturated rings. The molecule has 19 heavy (non-hydrogen) atoms. The second-order valence-corrected chi connectivity index (χ2v) is 7.07. The summed E-state index contributed by atoms with van der Waals surface area (Å²) in [5.74, 6) is -0.0263. The van der Waals surface area contributed by atoms with E-state index in [0.717, 1.165) is 0 Å². The van der Waals surface area contributed by atoms with Crippen molar-refractivity contribution in [2.75, 3.05) is 24.6 Å². The maximum atomic E-state index is 12.4. The first-order valence-corrected chi connectivity index (χ1v) is 8.05. The van der Waals surface area contributed by atoms with Crippen molar-refractivity contribution in [3.8, 4) is 0 Å². The number of rotatable bonds is 1. The molecular formula is C12H15N3O3S. The molecule has 0 aromatic carbocycles. The van der Waals surface area contributed by atoms with Crippen LogP contribution in [0.15, 0.2) is 24.4 Å². The van der Waals surface area contributed by atoms with Crippen LogP contribution in [-0.2, 0) is 9.84 Å². The van der Waals surface area contributed by atoms with Crippen LogP contribution in [0, 0.1) is 0 Å². The van der Waals surface area contributed by atoms with Gasteiger partial charge in [-0.1, -0.05) is 6.07 Å². The summed E-state index contributed by atoms with van der Waals surface area (Å²) in [7, 11) is -3.05. The molecule has 3 rings (SSSR count). The Morgan fingerprint density at radius 1 is 1.37 bits per heavy atom. The largest absolute Gasteiger partial charge is 0.330 e. The summed E-state index contributed by atoms with van der Waals surface area (Å²) in [5.41, 5.74) is 0.368. The maximum Gasteiger partial charge on any atom is 0.272 e. The van der Waals surface area contributed by atoms with Gasteiger partial charge in [0.2, 0.25) is 0 Å². The molecule has 0 radical (unpaired) electrons. The van der Waals surface area contributed by atoms with E-state index in [-0.39, 0.29) is 29.5 Å². The molecule has 1 amide bonds. The zero-order chi connectivity index (χ0) is 13.5. The highest BCUT2D eigenvalue weighted by Crippen LogP contribution is 2.22. The van der Waals surface area contributed by atoms with Crippen LogP contribution >= 0.6 is 0 Å². The smallest absolute Gasteiger partial charge is 0.272 e. The monoisotopic (exact) mass is 281 g/mol. The van der Waals surface area contributed by atoms with Crippen molar-refractivity contribution < 1.29 is 13.2 Å². The van der Waals surface area contributed by atoms with Gasteiger partial charge in [-0.15, -0.1) is 0 Å². The molecule has 1 aromatic rings. The summed E-state index contributed by atoms with van der Waals surface area (Å²) < 4.78 is 23.4. The van der Waals surface area contributed by atoms with Crippen LogP contribution in [0.4, 0.5) is 0 Å². The summed E-state index contributed by atoms with van der Waals surface area (Å²) in [4.78, 5) is 18.1. The van der Waals surface area contributed by atoms with Crippen molar-refractivity contribution in [1.29, 1.82) is 0 Å². The summed E-state index contributed by atoms with van der Waals surface area (Å²) in [5, 5.41) is 3.18. The minimum Gasteiger partial charge on any atom is -0.330 e. The van der Waals surface area contributed by atoms with Crippen molar-refractivity contribution in [2.24, 2.45) is 0 Å². The van der Waals surface area contributed by atoms with E-state index >= 15 is 0 Å². The maximum absolute atomic E-state index is 12.4. The van der Waals surface area contributed by atoms with Crippen molar-refractivity contribution in [1.82, 2.24) is 15.2 Å². The quantitative estimate of drug-likeness (QED) is 0.736. The number of sulfone groups is 1. The van der Waals surface area contributed by atoms with Crippen molar-refractivity contribution in [3.05, 3.63) is 30.1 Å². The SMILES string of the molecule is O=C(c1ccccn1)N1CCN[C@@H]2CS(=O)(=O)C[C@H]21. The van der Waals surface area contributed by atoms with Gasteiger partial charge >= 0.3 is 0 Å². The Balaban J connectivity index is 1.87. The van der Waals surface area contributed by atoms with Crippen LogP contribution in [-0.4, -0.2) is 60.9 Å². The molecule has 2 aliphatic heterocycles. The fourth-order valence-electron chi connectivity index (χ4n) is 2.76. The molecule has 0 spiro atoms. The third kappa shape index (κ3) is 2.35. The zero-order valence-corrected chi connectivity index (χ0v) is 11.1. The Labute approximate surface area is 111 Å². The summed E-state index contributed by atoms with van der Waals surface area (Å²) in [6.45, 7) is 1.14. The number of piperazine rings is 1. The van der Waals surface area contributed by atoms with E-state index in [0.29, 0.717) is 18.8 Å². The standard InChI is InChI=1S/C12H15N3O3S/c16-12(9-3-1-2-4-13-9)15-6-5-14-10-7-19(17,18)8-11(10)15/h1-4,10-11,14H,5-8H2/t10-,11-/m1/s1. The highest BCUT2D eigenvalue weighted by molar-refractivity contribution is 7.91. The molecule has 3 heterocycles. The van der Waals surface area contributed by atoms with Crippen LogP contribution in [0.5, 0.6) is 0 Å². The van der Waals surface area contributed by atoms with Crippen LogP contribution in [0.3, 0.4) is 0 Å². The van der Waals surface area contributed by atoms with Crippen LogP contribution in [0.1, 0.15) is 10.5 Å². The lowest BCUT2D eigenvalue weighted by molar-refractivity contribution is 0.0615. The number of pyridine rings is 1. The topological polar surface area (TPSA) is 79.4 Å². The number of nitrogens with one attached hydrogen (secondary N) is 1. The van der Waals surface area contributed by atoms with Gasteiger partial charge in [-0.05, 0) is 12.1 Å². The average Bonchev–Trinajstić information content (AvgIpc) is 2.72. The predicted octanol–water partition coefficient (Wildman–Crippen LogP) is -0.707. The molecule has 2 saturated heterocycles. The number of aromatic nitrogens is 1. The van der Waals surface area contributed by atoms with E-state index in [2.05, 4.69) is 10.3 Å². The normalized spacial score (nSPS) is 28.9. The van der Waals surface area contributed by atoms with E-state index in [1.807, 2.05) is 0 Å². The number of carbonyl (C=O) groups is 1. The first kappa shape index (κ1) is 12.6. The molecule has 1 N–H and O–H groups in total. The lowest BCUT2D eigenvalue weighted by atomic mass is 10.1. The van der Waals surface area contributed by atoms with Crippen molar-refractivity contribution in [3.63, 3.8) is 0 Å². The third-order valence-corrected chi connectivity index (χ3v) is 5.34. The van der Waals surface area contributed by atoms with Crippen LogP contribution < -0.4 is 5.32 Å². The number of hydrogen-bond acceptors (Lipinski definition) is 5. The second kappa shape index (κ2) is 4.57. The average molecular weight is 281 g/mol. The van der Waals surface area contributed by atoms with Crippen molar-refractivity contribution in [2.45, 2.75) is 12.1 Å². The molecule has 0 bridgehead atoms. The minimum atomic E-state index is -3.05. The predicted molar refractivity (Wildman–Crippen MR) is 69.5 cm³/mol. The Hall–Kier alpha value is -1.47. The number of amides is 1. The van der Waals surface area contributed by atoms with Crippen LogP contribution in [0.2, 0.25) is 0 Å². The van der Waals surface area contributed by atoms with E-state index in [1.165, 1.54) is 0 Å². The van der Waals surface area contributed by atoms with E-state index in [9.17, 15) is 13.2 Å². The lowest BCUT2D eigenvalue weighted by Gasteiger charge is -2.37. The van der Waals surface area contributed by atoms with Gasteiger partial charge in [-0.25, -0.2) is 8.42 Å². The van der Waals surface area contributed by atoms with E-state index in [1.54, 1.807) is 29.3 Å². The first-order chi connectivity index (χ1) is 9.07. The number of carbonyl (C=O) groups excluding carboxylic acids is 1. The van der Waals surface area contributed by atoms with Gasteiger partial charge in [-0.2, -0.15) is 0 Å². The Kier molecular flexibility index (Phi) is 3.02. The van der Waals surface area contributed by atoms with Gasteiger partial charge in [0, 0.05) is 25.3 Å². The highest BCUT2D eigenvalue weighted by Gasteiger charge is 2.44. The van der Waals surface area contributed by atoms with Gasteiger partial charge in [-0.3, -0.25) is 9.78 Å². The zero-order valence-electron chi connectivity index (χ0n) is 10.3. The van der Waals surface area contributed by atoms with Crippen molar-refractivity contribution >= 4 is 15.7 Å². The summed E-state index contributed by atoms with van der Waals surface area (Å²) in [6.07, 6.45) is 1.57. The van der Waals surface area contributed by atoms with Gasteiger partial charge in [0.05, 0.1) is 17.5 Å². The Morgan fingerprint density at radius 3 is 2.95 bits per heavy atom. The van der Waals surface area contributed by atoms with Gasteiger partial charge < -0.3 is 10.2 Å². The Morgan fingerprint density at radius 2 is 2.21 bits per heavy atom. The second-order valence-electron chi connectivity index (χ2n) is 4.92. The molecule has 102 valence electrons. The first-order valence-electron chi connectivity index (χ1n) is 6.23. The molecule has 0 aliphatic carbocycles. The molecule has 2 atom stereocenters. The highest BCUT2D eigenvalue weighted by atomic mass is 32.2. The summed E-state index contributed by atoms with van der Waals surface area (Å²) in [6, 6.07) is 4.74. The third-order valence-electron chi connectivity index (χ3n) is 3.63. The molecule has 1 aromatic heterocycles. The lowest BCUT2D eigenvalue weighted by Crippen LogP contribution is -2.59. The van der Waals surface area contributed by atoms with E-state index < -0.39 is 9.84 Å². The number of nitrogens with zero attached hydrogens (tertiary/aromatic N) is 2. The van der Waals surface area contributed by atoms with Crippen LogP contribution in [0.25, 0.3) is 0 Å². The van der Waals surface area contributed by atoms with Gasteiger partial charge in [0.15, 0.2) is 9.84 Å². The molecular weight excluding hydrogens is 266 g/mol. The molecule has 0 saturated carbocycles. The molecule has 7 heteroatoms. The number of hydrogen-bond donors (Lipinski definition) is 1. The number of fused-ring (bicyclic) bond motifs is 1. The minimum absolute atomic E-state index is 0.0449. The fraction of sp³-hybridized carbons (Fsp3) is 0.500. The molecule has 2 aliphatic rings.